The topological polar surface area (TPSA) is 61.8 Å². The fraction of sp³-hybridized carbons (Fsp3) is 0. The van der Waals surface area contributed by atoms with Gasteiger partial charge < -0.3 is 10.1 Å². The summed E-state index contributed by atoms with van der Waals surface area (Å²) < 4.78 is 0. The maximum Gasteiger partial charge on any atom is 0.202 e. The molecule has 2 heterocycles. The molecular formula is C6H3Cl2N3O. The third-order valence-electron chi connectivity index (χ3n) is 1.43. The number of hydrogen-bond donors (Lipinski definition) is 2. The van der Waals surface area contributed by atoms with Crippen LogP contribution in [0, 0.1) is 0 Å². The van der Waals surface area contributed by atoms with Gasteiger partial charge in [-0.25, -0.2) is 9.97 Å². The fourth-order valence-corrected chi connectivity index (χ4v) is 1.38. The fourth-order valence-electron chi connectivity index (χ4n) is 0.926. The molecule has 62 valence electrons. The highest BCUT2D eigenvalue weighted by molar-refractivity contribution is 6.33. The van der Waals surface area contributed by atoms with E-state index in [4.69, 9.17) is 23.2 Å². The molecule has 0 aromatic heterocycles. The zero-order valence-electron chi connectivity index (χ0n) is 5.67. The Labute approximate surface area is 77.5 Å². The lowest BCUT2D eigenvalue weighted by Crippen LogP contribution is -1.89. The molecule has 2 aliphatic heterocycles. The minimum Gasteiger partial charge on any atom is -0.504 e. The van der Waals surface area contributed by atoms with Crippen molar-refractivity contribution in [2.75, 3.05) is 0 Å². The van der Waals surface area contributed by atoms with Gasteiger partial charge in [0.25, 0.3) is 0 Å². The summed E-state index contributed by atoms with van der Waals surface area (Å²) >= 11 is 11.2. The van der Waals surface area contributed by atoms with E-state index in [0.717, 1.165) is 0 Å². The predicted octanol–water partition coefficient (Wildman–Crippen LogP) is 1.92. The van der Waals surface area contributed by atoms with Gasteiger partial charge in [0.15, 0.2) is 10.9 Å². The number of aromatic hydroxyl groups is 1. The van der Waals surface area contributed by atoms with E-state index in [9.17, 15) is 5.11 Å². The van der Waals surface area contributed by atoms with Gasteiger partial charge in [-0.3, -0.25) is 0 Å². The minimum absolute atomic E-state index is 0.0104. The molecule has 0 aromatic carbocycles. The van der Waals surface area contributed by atoms with Crippen molar-refractivity contribution in [1.29, 1.82) is 0 Å². The Morgan fingerprint density at radius 2 is 2.17 bits per heavy atom. The van der Waals surface area contributed by atoms with Gasteiger partial charge in [0, 0.05) is 0 Å². The van der Waals surface area contributed by atoms with Crippen LogP contribution in [0.3, 0.4) is 0 Å². The summed E-state index contributed by atoms with van der Waals surface area (Å²) in [5.74, 6) is 0.0104. The van der Waals surface area contributed by atoms with Crippen molar-refractivity contribution in [3.63, 3.8) is 0 Å². The van der Waals surface area contributed by atoms with Crippen LogP contribution in [0.15, 0.2) is 6.20 Å². The first-order chi connectivity index (χ1) is 5.68. The summed E-state index contributed by atoms with van der Waals surface area (Å²) in [7, 11) is 0. The summed E-state index contributed by atoms with van der Waals surface area (Å²) in [4.78, 5) is 10.2. The van der Waals surface area contributed by atoms with Crippen molar-refractivity contribution in [1.82, 2.24) is 15.0 Å². The number of hydrogen-bond acceptors (Lipinski definition) is 3. The molecule has 0 aliphatic carbocycles. The number of aromatic amines is 1. The summed E-state index contributed by atoms with van der Waals surface area (Å²) in [5, 5.41) is 9.52. The molecule has 12 heavy (non-hydrogen) atoms. The first kappa shape index (κ1) is 7.64. The maximum atomic E-state index is 9.22. The van der Waals surface area contributed by atoms with Crippen LogP contribution in [0.1, 0.15) is 0 Å². The largest absolute Gasteiger partial charge is 0.504 e. The second-order valence-electron chi connectivity index (χ2n) is 2.19. The highest BCUT2D eigenvalue weighted by atomic mass is 35.5. The van der Waals surface area contributed by atoms with Gasteiger partial charge in [-0.1, -0.05) is 11.6 Å². The number of nitrogens with zero attached hydrogens (tertiary/aromatic N) is 2. The van der Waals surface area contributed by atoms with Crippen LogP contribution in [0.4, 0.5) is 0 Å². The third kappa shape index (κ3) is 1.00. The normalized spacial score (nSPS) is 10.8. The van der Waals surface area contributed by atoms with Crippen molar-refractivity contribution < 1.29 is 5.11 Å². The van der Waals surface area contributed by atoms with E-state index in [1.165, 1.54) is 6.20 Å². The van der Waals surface area contributed by atoms with Crippen molar-refractivity contribution in [2.24, 2.45) is 0 Å². The van der Waals surface area contributed by atoms with Crippen LogP contribution in [0.2, 0.25) is 10.4 Å². The average molecular weight is 204 g/mol. The molecule has 0 fully saturated rings. The summed E-state index contributed by atoms with van der Waals surface area (Å²) in [5.41, 5.74) is 0.818. The second kappa shape index (κ2) is 2.50. The van der Waals surface area contributed by atoms with E-state index in [1.54, 1.807) is 0 Å². The molecule has 0 bridgehead atoms. The first-order valence-electron chi connectivity index (χ1n) is 3.07. The molecule has 0 radical (unpaired) electrons. The van der Waals surface area contributed by atoms with Gasteiger partial charge in [-0.15, -0.1) is 0 Å². The molecule has 0 amide bonds. The predicted molar refractivity (Wildman–Crippen MR) is 44.7 cm³/mol. The van der Waals surface area contributed by atoms with Crippen molar-refractivity contribution in [2.45, 2.75) is 0 Å². The molecule has 6 heteroatoms. The van der Waals surface area contributed by atoms with Gasteiger partial charge in [0.1, 0.15) is 11.4 Å². The molecule has 0 atom stereocenters. The van der Waals surface area contributed by atoms with E-state index >= 15 is 0 Å². The van der Waals surface area contributed by atoms with Crippen LogP contribution in [0.25, 0.3) is 11.4 Å². The van der Waals surface area contributed by atoms with Crippen molar-refractivity contribution in [3.05, 3.63) is 16.6 Å². The maximum absolute atomic E-state index is 9.22. The number of aromatic nitrogens is 3. The standard InChI is InChI=1S/C6H3Cl2N3O/c7-5-4-3(2(12)1-9-4)10-6(8)11-5/h1,12H,(H,10,11). The molecule has 0 unspecified atom stereocenters. The highest BCUT2D eigenvalue weighted by Gasteiger charge is 2.16. The molecule has 0 saturated carbocycles. The summed E-state index contributed by atoms with van der Waals surface area (Å²) in [6.45, 7) is 0. The molecule has 0 spiro atoms. The highest BCUT2D eigenvalue weighted by Crippen LogP contribution is 2.33. The number of halogens is 2. The van der Waals surface area contributed by atoms with Crippen molar-refractivity contribution >= 4 is 23.2 Å². The SMILES string of the molecule is Oc1cnc2c(Cl)nc(Cl)[nH]c1-2. The van der Waals surface area contributed by atoms with Gasteiger partial charge in [0.2, 0.25) is 5.28 Å². The Balaban J connectivity index is 2.81. The zero-order chi connectivity index (χ0) is 8.72. The Kier molecular flexibility index (Phi) is 1.59. The third-order valence-corrected chi connectivity index (χ3v) is 1.87. The zero-order valence-corrected chi connectivity index (χ0v) is 7.19. The molecule has 2 aliphatic rings. The van der Waals surface area contributed by atoms with Crippen LogP contribution >= 0.6 is 23.2 Å². The Hall–Kier alpha value is -1.00. The molecule has 2 rings (SSSR count). The molecule has 0 aromatic rings. The van der Waals surface area contributed by atoms with Crippen LogP contribution < -0.4 is 0 Å². The Morgan fingerprint density at radius 1 is 1.42 bits per heavy atom. The van der Waals surface area contributed by atoms with Gasteiger partial charge in [-0.05, 0) is 11.6 Å². The van der Waals surface area contributed by atoms with Gasteiger partial charge >= 0.3 is 0 Å². The monoisotopic (exact) mass is 203 g/mol. The lowest BCUT2D eigenvalue weighted by Gasteiger charge is -2.00. The lowest BCUT2D eigenvalue weighted by molar-refractivity contribution is 0.476. The minimum atomic E-state index is 0.0104. The number of rotatable bonds is 0. The molecule has 4 nitrogen and oxygen atoms in total. The summed E-state index contributed by atoms with van der Waals surface area (Å²) in [6, 6.07) is 0. The van der Waals surface area contributed by atoms with Crippen LogP contribution in [-0.4, -0.2) is 20.1 Å². The quantitative estimate of drug-likeness (QED) is 0.509. The number of fused-ring (bicyclic) bond motifs is 1. The number of H-pyrrole nitrogens is 1. The van der Waals surface area contributed by atoms with E-state index in [0.29, 0.717) is 11.4 Å². The van der Waals surface area contributed by atoms with E-state index < -0.39 is 0 Å². The molecular weight excluding hydrogens is 201 g/mol. The van der Waals surface area contributed by atoms with E-state index in [1.807, 2.05) is 0 Å². The number of nitrogens with one attached hydrogen (secondary N) is 1. The van der Waals surface area contributed by atoms with Crippen LogP contribution in [-0.2, 0) is 0 Å². The average Bonchev–Trinajstić information content (AvgIpc) is 2.33. The summed E-state index contributed by atoms with van der Waals surface area (Å²) in [6.07, 6.45) is 1.28. The van der Waals surface area contributed by atoms with Crippen LogP contribution in [0.5, 0.6) is 5.75 Å². The first-order valence-corrected chi connectivity index (χ1v) is 3.83. The smallest absolute Gasteiger partial charge is 0.202 e. The lowest BCUT2D eigenvalue weighted by atomic mass is 10.3. The van der Waals surface area contributed by atoms with E-state index in [2.05, 4.69) is 15.0 Å². The van der Waals surface area contributed by atoms with Gasteiger partial charge in [-0.2, -0.15) is 0 Å². The van der Waals surface area contributed by atoms with Crippen molar-refractivity contribution in [3.8, 4) is 17.1 Å². The molecule has 2 N–H and O–H groups in total. The Bertz CT molecular complexity index is 400. The Morgan fingerprint density at radius 3 is 2.92 bits per heavy atom. The van der Waals surface area contributed by atoms with E-state index in [-0.39, 0.29) is 16.2 Å². The second-order valence-corrected chi connectivity index (χ2v) is 2.90. The molecule has 0 saturated heterocycles. The van der Waals surface area contributed by atoms with Gasteiger partial charge in [0.05, 0.1) is 6.20 Å².